The lowest BCUT2D eigenvalue weighted by Crippen LogP contribution is -2.59. The second kappa shape index (κ2) is 26.3. The Bertz CT molecular complexity index is 1870. The Kier molecular flexibility index (Phi) is 22.4. The van der Waals surface area contributed by atoms with Crippen LogP contribution < -0.4 is 26.6 Å². The maximum Gasteiger partial charge on any atom is 0.350 e. The maximum atomic E-state index is 13.8. The van der Waals surface area contributed by atoms with E-state index in [-0.39, 0.29) is 36.7 Å². The Labute approximate surface area is 382 Å². The van der Waals surface area contributed by atoms with E-state index in [0.29, 0.717) is 12.8 Å². The van der Waals surface area contributed by atoms with Crippen molar-refractivity contribution in [1.82, 2.24) is 31.5 Å². The number of hydrogen-bond donors (Lipinski definition) is 7. The van der Waals surface area contributed by atoms with E-state index in [9.17, 15) is 53.4 Å². The summed E-state index contributed by atoms with van der Waals surface area (Å²) < 4.78 is 5.85. The van der Waals surface area contributed by atoms with Gasteiger partial charge < -0.3 is 46.4 Å². The summed E-state index contributed by atoms with van der Waals surface area (Å²) in [5.41, 5.74) is 0.511. The van der Waals surface area contributed by atoms with E-state index < -0.39 is 120 Å². The lowest BCUT2D eigenvalue weighted by atomic mass is 9.85. The Morgan fingerprint density at radius 1 is 0.769 bits per heavy atom. The van der Waals surface area contributed by atoms with Gasteiger partial charge in [0.2, 0.25) is 35.4 Å². The first kappa shape index (κ1) is 55.4. The van der Waals surface area contributed by atoms with Crippen LogP contribution in [0.3, 0.4) is 0 Å². The quantitative estimate of drug-likeness (QED) is 0.150. The molecule has 0 radical (unpaired) electrons. The highest BCUT2D eigenvalue weighted by Crippen LogP contribution is 2.25. The molecule has 1 aliphatic heterocycles. The van der Waals surface area contributed by atoms with E-state index in [0.717, 1.165) is 16.9 Å². The minimum atomic E-state index is -1.80. The van der Waals surface area contributed by atoms with Gasteiger partial charge in [-0.15, -0.1) is 0 Å². The Balaban J connectivity index is 2.52. The molecule has 0 aliphatic carbocycles. The lowest BCUT2D eigenvalue weighted by molar-refractivity contribution is -0.146. The van der Waals surface area contributed by atoms with E-state index >= 15 is 0 Å². The van der Waals surface area contributed by atoms with Crippen LogP contribution in [0, 0.1) is 29.6 Å². The number of aliphatic imine (C=N–C) groups is 1. The molecule has 0 saturated heterocycles. The molecule has 19 nitrogen and oxygen atoms in total. The molecule has 1 unspecified atom stereocenters. The average molecular weight is 914 g/mol. The average Bonchev–Trinajstić information content (AvgIpc) is 3.25. The predicted molar refractivity (Wildman–Crippen MR) is 241 cm³/mol. The van der Waals surface area contributed by atoms with Crippen molar-refractivity contribution in [2.24, 2.45) is 34.6 Å². The number of nitrogens with zero attached hydrogens (tertiary/aromatic N) is 2. The van der Waals surface area contributed by atoms with Gasteiger partial charge in [-0.05, 0) is 76.2 Å². The monoisotopic (exact) mass is 914 g/mol. The third-order valence-electron chi connectivity index (χ3n) is 12.0. The number of likely N-dealkylation sites (N-methyl/N-ethyl adjacent to an activating group) is 1. The molecule has 1 heterocycles. The molecule has 1 aromatic rings. The van der Waals surface area contributed by atoms with Crippen molar-refractivity contribution in [2.45, 2.75) is 150 Å². The molecule has 65 heavy (non-hydrogen) atoms. The molecular weight excluding hydrogens is 843 g/mol. The largest absolute Gasteiger partial charge is 0.480 e. The fourth-order valence-corrected chi connectivity index (χ4v) is 7.51. The van der Waals surface area contributed by atoms with Gasteiger partial charge in [0.15, 0.2) is 0 Å². The number of nitrogens with one attached hydrogen (secondary N) is 5. The molecule has 0 saturated carbocycles. The summed E-state index contributed by atoms with van der Waals surface area (Å²) in [7, 11) is 2.97. The van der Waals surface area contributed by atoms with Crippen LogP contribution in [0.4, 0.5) is 0 Å². The SMILES string of the molecule is CO[C@@H](Cc1ccccc1)[C@@H](C)CC(C)CC[C@@H]1NC(=O)[C@@H](C)NC(=O)[C@@H](C)[C@H](C(=O)O)NC(=O)[C@H](CC(C)C)NC(=O)[C@@H](C)NC(=O)[C@H](C)N(C)C(=O)CCC(C(=O)O)=NC(=O)[C@H]1C. The van der Waals surface area contributed by atoms with Crippen molar-refractivity contribution < 1.29 is 58.1 Å². The fraction of sp³-hybridized carbons (Fsp3) is 0.652. The van der Waals surface area contributed by atoms with E-state index in [1.54, 1.807) is 21.0 Å². The van der Waals surface area contributed by atoms with Crippen molar-refractivity contribution in [2.75, 3.05) is 14.2 Å². The second-order valence-corrected chi connectivity index (χ2v) is 17.9. The zero-order valence-electron chi connectivity index (χ0n) is 39.6. The van der Waals surface area contributed by atoms with Crippen LogP contribution >= 0.6 is 0 Å². The van der Waals surface area contributed by atoms with E-state index in [4.69, 9.17) is 4.74 Å². The van der Waals surface area contributed by atoms with Crippen molar-refractivity contribution in [3.8, 4) is 0 Å². The summed E-state index contributed by atoms with van der Waals surface area (Å²) in [5, 5.41) is 32.8. The predicted octanol–water partition coefficient (Wildman–Crippen LogP) is 2.25. The molecule has 7 amide bonds. The van der Waals surface area contributed by atoms with Gasteiger partial charge in [-0.25, -0.2) is 14.6 Å². The number of benzene rings is 1. The zero-order chi connectivity index (χ0) is 49.3. The third kappa shape index (κ3) is 17.6. The summed E-state index contributed by atoms with van der Waals surface area (Å²) in [6.45, 7) is 14.5. The fourth-order valence-electron chi connectivity index (χ4n) is 7.51. The van der Waals surface area contributed by atoms with Crippen molar-refractivity contribution >= 4 is 59.0 Å². The Hall–Kier alpha value is -5.72. The van der Waals surface area contributed by atoms with Gasteiger partial charge in [0.1, 0.15) is 35.9 Å². The topological polar surface area (TPSA) is 279 Å². The summed E-state index contributed by atoms with van der Waals surface area (Å²) in [6.07, 6.45) is 1.23. The number of methoxy groups -OCH3 is 1. The number of amides is 7. The number of aliphatic carboxylic acids is 2. The highest BCUT2D eigenvalue weighted by Gasteiger charge is 2.37. The first-order valence-corrected chi connectivity index (χ1v) is 22.3. The molecule has 0 bridgehead atoms. The minimum absolute atomic E-state index is 0.0550. The van der Waals surface area contributed by atoms with Crippen molar-refractivity contribution in [1.29, 1.82) is 0 Å². The van der Waals surface area contributed by atoms with E-state index in [1.165, 1.54) is 41.7 Å². The smallest absolute Gasteiger partial charge is 0.350 e. The van der Waals surface area contributed by atoms with Gasteiger partial charge in [0.25, 0.3) is 5.91 Å². The Morgan fingerprint density at radius 3 is 1.91 bits per heavy atom. The highest BCUT2D eigenvalue weighted by atomic mass is 16.5. The van der Waals surface area contributed by atoms with Crippen molar-refractivity contribution in [3.05, 3.63) is 35.9 Å². The third-order valence-corrected chi connectivity index (χ3v) is 12.0. The van der Waals surface area contributed by atoms with E-state index in [2.05, 4.69) is 38.5 Å². The molecule has 0 spiro atoms. The van der Waals surface area contributed by atoms with Gasteiger partial charge in [0.05, 0.1) is 17.9 Å². The number of carbonyl (C=O) groups is 9. The molecule has 0 aromatic heterocycles. The summed E-state index contributed by atoms with van der Waals surface area (Å²) >= 11 is 0. The first-order valence-electron chi connectivity index (χ1n) is 22.3. The molecular formula is C46H71N7O12. The second-order valence-electron chi connectivity index (χ2n) is 17.9. The molecule has 1 aliphatic rings. The standard InChI is InChI=1S/C46H71N7O12/c1-24(2)21-35-44(60)52-38(46(63)64)28(6)40(56)47-29(7)41(57)49-33(18-17-25(3)22-26(4)36(65-11)23-32-15-13-12-14-16-32)27(5)39(55)50-34(45(61)62)19-20-37(54)53(10)31(9)43(59)48-30(8)42(58)51-35/h12-16,24-31,33,35-36,38H,17-23H2,1-11H3,(H,47,56)(H,48,59)(H,49,57)(H,51,58)(H,52,60)(H,61,62)(H,63,64)/t25?,26-,27-,28-,29+,30+,31-,33-,35-,36-,38+/m0/s1. The highest BCUT2D eigenvalue weighted by molar-refractivity contribution is 6.37. The van der Waals surface area contributed by atoms with Crippen LogP contribution in [0.15, 0.2) is 35.3 Å². The van der Waals surface area contributed by atoms with Crippen molar-refractivity contribution in [3.63, 3.8) is 0 Å². The van der Waals surface area contributed by atoms with Gasteiger partial charge in [-0.3, -0.25) is 33.6 Å². The molecule has 1 aromatic carbocycles. The molecule has 362 valence electrons. The summed E-state index contributed by atoms with van der Waals surface area (Å²) in [4.78, 5) is 124. The van der Waals surface area contributed by atoms with Crippen LogP contribution in [0.5, 0.6) is 0 Å². The number of carboxylic acids is 2. The number of hydrogen-bond acceptors (Lipinski definition) is 10. The van der Waals surface area contributed by atoms with Crippen LogP contribution in [-0.4, -0.2) is 131 Å². The van der Waals surface area contributed by atoms with Crippen LogP contribution in [0.25, 0.3) is 0 Å². The maximum absolute atomic E-state index is 13.8. The molecule has 7 N–H and O–H groups in total. The number of rotatable bonds is 13. The van der Waals surface area contributed by atoms with E-state index in [1.807, 2.05) is 37.3 Å². The summed E-state index contributed by atoms with van der Waals surface area (Å²) in [5.74, 6) is -11.3. The number of carboxylic acid groups (broad SMARTS) is 2. The number of ether oxygens (including phenoxy) is 1. The Morgan fingerprint density at radius 2 is 1.35 bits per heavy atom. The van der Waals surface area contributed by atoms with Gasteiger partial charge in [-0.1, -0.05) is 71.9 Å². The minimum Gasteiger partial charge on any atom is -0.480 e. The van der Waals surface area contributed by atoms with Crippen LogP contribution in [-0.2, 0) is 54.3 Å². The van der Waals surface area contributed by atoms with Gasteiger partial charge in [-0.2, -0.15) is 0 Å². The van der Waals surface area contributed by atoms with Gasteiger partial charge >= 0.3 is 11.9 Å². The molecule has 19 heteroatoms. The van der Waals surface area contributed by atoms with Gasteiger partial charge in [0, 0.05) is 33.0 Å². The van der Waals surface area contributed by atoms with Crippen LogP contribution in [0.1, 0.15) is 106 Å². The molecule has 11 atom stereocenters. The normalized spacial score (nSPS) is 26.8. The zero-order valence-corrected chi connectivity index (χ0v) is 39.6. The number of carbonyl (C=O) groups excluding carboxylic acids is 7. The summed E-state index contributed by atoms with van der Waals surface area (Å²) in [6, 6.07) is 2.26. The first-order chi connectivity index (χ1) is 30.4. The lowest BCUT2D eigenvalue weighted by Gasteiger charge is -2.29. The van der Waals surface area contributed by atoms with Crippen LogP contribution in [0.2, 0.25) is 0 Å². The molecule has 0 fully saturated rings. The molecule has 2 rings (SSSR count).